The van der Waals surface area contributed by atoms with Crippen LogP contribution in [0.2, 0.25) is 5.02 Å². The minimum absolute atomic E-state index is 0.123. The van der Waals surface area contributed by atoms with Gasteiger partial charge >= 0.3 is 0 Å². The third-order valence-electron chi connectivity index (χ3n) is 6.92. The molecule has 1 fully saturated rings. The van der Waals surface area contributed by atoms with Gasteiger partial charge in [-0.1, -0.05) is 43.7 Å². The predicted octanol–water partition coefficient (Wildman–Crippen LogP) is 5.54. The van der Waals surface area contributed by atoms with Crippen molar-refractivity contribution in [1.29, 1.82) is 0 Å². The first kappa shape index (κ1) is 21.1. The van der Waals surface area contributed by atoms with Crippen molar-refractivity contribution in [3.8, 4) is 0 Å². The van der Waals surface area contributed by atoms with Gasteiger partial charge in [-0.3, -0.25) is 14.5 Å². The Morgan fingerprint density at radius 3 is 2.50 bits per heavy atom. The van der Waals surface area contributed by atoms with E-state index in [1.165, 1.54) is 19.3 Å². The number of amides is 2. The van der Waals surface area contributed by atoms with Crippen molar-refractivity contribution in [1.82, 2.24) is 9.88 Å². The van der Waals surface area contributed by atoms with Crippen LogP contribution in [0.3, 0.4) is 0 Å². The second-order valence-electron chi connectivity index (χ2n) is 9.19. The lowest BCUT2D eigenvalue weighted by Gasteiger charge is -2.44. The summed E-state index contributed by atoms with van der Waals surface area (Å²) in [5.41, 5.74) is 1.55. The standard InChI is InChI=1S/C25H28ClN3O3/c1-25(24(31)27-18-7-5-3-2-4-6-8-18)16-28-20-13-14-32-22(20)15-21(28)23(30)29(25)19-11-9-17(26)10-12-19/h9-15,18H,2-8,16H2,1H3,(H,27,31)/t25-/m1/s1. The average Bonchev–Trinajstić information content (AvgIpc) is 3.34. The van der Waals surface area contributed by atoms with Crippen molar-refractivity contribution in [2.45, 2.75) is 70.0 Å². The number of hydrogen-bond acceptors (Lipinski definition) is 3. The number of carbonyl (C=O) groups is 2. The van der Waals surface area contributed by atoms with Crippen molar-refractivity contribution in [3.63, 3.8) is 0 Å². The molecule has 0 radical (unpaired) electrons. The van der Waals surface area contributed by atoms with Crippen LogP contribution in [0.1, 0.15) is 62.4 Å². The molecule has 1 aromatic carbocycles. The molecule has 2 aliphatic rings. The molecule has 1 saturated carbocycles. The summed E-state index contributed by atoms with van der Waals surface area (Å²) in [4.78, 5) is 29.2. The molecule has 0 saturated heterocycles. The van der Waals surface area contributed by atoms with Gasteiger partial charge in [-0.15, -0.1) is 0 Å². The maximum absolute atomic E-state index is 13.8. The molecule has 5 rings (SSSR count). The van der Waals surface area contributed by atoms with Gasteiger partial charge in [0, 0.05) is 28.9 Å². The van der Waals surface area contributed by atoms with Crippen molar-refractivity contribution in [3.05, 3.63) is 53.4 Å². The quantitative estimate of drug-likeness (QED) is 0.566. The number of halogens is 1. The van der Waals surface area contributed by atoms with Crippen LogP contribution < -0.4 is 10.2 Å². The molecule has 1 aliphatic heterocycles. The Hall–Kier alpha value is -2.73. The molecule has 1 atom stereocenters. The van der Waals surface area contributed by atoms with Crippen molar-refractivity contribution in [2.24, 2.45) is 0 Å². The number of hydrogen-bond donors (Lipinski definition) is 1. The lowest BCUT2D eigenvalue weighted by atomic mass is 9.91. The summed E-state index contributed by atoms with van der Waals surface area (Å²) in [5, 5.41) is 3.88. The zero-order valence-corrected chi connectivity index (χ0v) is 19.0. The zero-order chi connectivity index (χ0) is 22.3. The summed E-state index contributed by atoms with van der Waals surface area (Å²) >= 11 is 6.10. The molecular formula is C25H28ClN3O3. The van der Waals surface area contributed by atoms with E-state index in [0.717, 1.165) is 31.2 Å². The van der Waals surface area contributed by atoms with E-state index in [1.807, 2.05) is 17.6 Å². The fourth-order valence-corrected chi connectivity index (χ4v) is 5.27. The van der Waals surface area contributed by atoms with Gasteiger partial charge in [0.05, 0.1) is 18.3 Å². The van der Waals surface area contributed by atoms with Crippen LogP contribution >= 0.6 is 11.6 Å². The van der Waals surface area contributed by atoms with Crippen LogP contribution in [-0.2, 0) is 11.3 Å². The van der Waals surface area contributed by atoms with E-state index < -0.39 is 5.54 Å². The summed E-state index contributed by atoms with van der Waals surface area (Å²) in [7, 11) is 0. The lowest BCUT2D eigenvalue weighted by Crippen LogP contribution is -2.65. The number of fused-ring (bicyclic) bond motifs is 3. The summed E-state index contributed by atoms with van der Waals surface area (Å²) in [6, 6.07) is 10.8. The van der Waals surface area contributed by atoms with E-state index in [1.54, 1.807) is 41.5 Å². The molecule has 3 heterocycles. The number of anilines is 1. The van der Waals surface area contributed by atoms with E-state index in [4.69, 9.17) is 16.0 Å². The van der Waals surface area contributed by atoms with Crippen LogP contribution in [-0.4, -0.2) is 28.0 Å². The Morgan fingerprint density at radius 1 is 1.09 bits per heavy atom. The summed E-state index contributed by atoms with van der Waals surface area (Å²) < 4.78 is 7.45. The second-order valence-corrected chi connectivity index (χ2v) is 9.63. The summed E-state index contributed by atoms with van der Waals surface area (Å²) in [5.74, 6) is -0.345. The highest BCUT2D eigenvalue weighted by Gasteiger charge is 2.49. The maximum Gasteiger partial charge on any atom is 0.276 e. The first-order chi connectivity index (χ1) is 15.5. The van der Waals surface area contributed by atoms with Gasteiger partial charge in [0.2, 0.25) is 5.91 Å². The fraction of sp³-hybridized carbons (Fsp3) is 0.440. The number of benzene rings is 1. The zero-order valence-electron chi connectivity index (χ0n) is 18.3. The molecule has 1 N–H and O–H groups in total. The highest BCUT2D eigenvalue weighted by atomic mass is 35.5. The smallest absolute Gasteiger partial charge is 0.276 e. The highest BCUT2D eigenvalue weighted by molar-refractivity contribution is 6.30. The van der Waals surface area contributed by atoms with Crippen molar-refractivity contribution in [2.75, 3.05) is 4.90 Å². The van der Waals surface area contributed by atoms with Crippen molar-refractivity contribution < 1.29 is 14.0 Å². The largest absolute Gasteiger partial charge is 0.463 e. The molecule has 0 unspecified atom stereocenters. The fourth-order valence-electron chi connectivity index (χ4n) is 5.15. The molecule has 2 aromatic heterocycles. The molecular weight excluding hydrogens is 426 g/mol. The van der Waals surface area contributed by atoms with Gasteiger partial charge in [-0.05, 0) is 44.0 Å². The first-order valence-corrected chi connectivity index (χ1v) is 11.8. The molecule has 7 heteroatoms. The van der Waals surface area contributed by atoms with Crippen LogP contribution in [0.25, 0.3) is 11.1 Å². The lowest BCUT2D eigenvalue weighted by molar-refractivity contribution is -0.127. The minimum Gasteiger partial charge on any atom is -0.463 e. The molecule has 2 amide bonds. The van der Waals surface area contributed by atoms with Gasteiger partial charge in [0.1, 0.15) is 11.2 Å². The number of aromatic nitrogens is 1. The molecule has 32 heavy (non-hydrogen) atoms. The Kier molecular flexibility index (Phi) is 5.49. The topological polar surface area (TPSA) is 67.5 Å². The average molecular weight is 454 g/mol. The van der Waals surface area contributed by atoms with E-state index >= 15 is 0 Å². The highest BCUT2D eigenvalue weighted by Crippen LogP contribution is 2.36. The Balaban J connectivity index is 1.54. The van der Waals surface area contributed by atoms with Gasteiger partial charge in [0.15, 0.2) is 5.58 Å². The summed E-state index contributed by atoms with van der Waals surface area (Å²) in [6.07, 6.45) is 9.52. The van der Waals surface area contributed by atoms with Crippen LogP contribution in [0.4, 0.5) is 5.69 Å². The first-order valence-electron chi connectivity index (χ1n) is 11.5. The van der Waals surface area contributed by atoms with E-state index in [-0.39, 0.29) is 17.9 Å². The Morgan fingerprint density at radius 2 is 1.78 bits per heavy atom. The SMILES string of the molecule is C[C@]1(C(=O)NC2CCCCCCC2)Cn2c(cc3occc32)C(=O)N1c1ccc(Cl)cc1. The number of nitrogens with one attached hydrogen (secondary N) is 1. The molecule has 6 nitrogen and oxygen atoms in total. The second kappa shape index (κ2) is 8.32. The van der Waals surface area contributed by atoms with Crippen molar-refractivity contribution >= 4 is 40.2 Å². The molecule has 0 spiro atoms. The molecule has 168 valence electrons. The normalized spacial score (nSPS) is 22.4. The Labute approximate surface area is 192 Å². The summed E-state index contributed by atoms with van der Waals surface area (Å²) in [6.45, 7) is 2.20. The molecule has 0 bridgehead atoms. The monoisotopic (exact) mass is 453 g/mol. The van der Waals surface area contributed by atoms with Gasteiger partial charge in [-0.2, -0.15) is 0 Å². The number of nitrogens with zero attached hydrogens (tertiary/aromatic N) is 2. The Bertz CT molecular complexity index is 1140. The van der Waals surface area contributed by atoms with E-state index in [0.29, 0.717) is 28.5 Å². The minimum atomic E-state index is -1.09. The predicted molar refractivity (Wildman–Crippen MR) is 125 cm³/mol. The third kappa shape index (κ3) is 3.60. The maximum atomic E-state index is 13.8. The number of rotatable bonds is 3. The van der Waals surface area contributed by atoms with E-state index in [9.17, 15) is 9.59 Å². The number of carbonyl (C=O) groups excluding carboxylic acids is 2. The van der Waals surface area contributed by atoms with Crippen LogP contribution in [0.5, 0.6) is 0 Å². The van der Waals surface area contributed by atoms with Crippen LogP contribution in [0, 0.1) is 0 Å². The number of furan rings is 1. The third-order valence-corrected chi connectivity index (χ3v) is 7.17. The van der Waals surface area contributed by atoms with E-state index in [2.05, 4.69) is 5.32 Å². The molecule has 1 aliphatic carbocycles. The van der Waals surface area contributed by atoms with Gasteiger partial charge in [-0.25, -0.2) is 0 Å². The van der Waals surface area contributed by atoms with Gasteiger partial charge < -0.3 is 14.3 Å². The molecule has 3 aromatic rings. The van der Waals surface area contributed by atoms with Gasteiger partial charge in [0.25, 0.3) is 5.91 Å². The van der Waals surface area contributed by atoms with Crippen LogP contribution in [0.15, 0.2) is 47.1 Å².